The highest BCUT2D eigenvalue weighted by atomic mass is 19.3. The molecule has 10 nitrogen and oxygen atoms in total. The predicted molar refractivity (Wildman–Crippen MR) is 273 cm³/mol. The van der Waals surface area contributed by atoms with Gasteiger partial charge in [0.25, 0.3) is 11.8 Å². The van der Waals surface area contributed by atoms with E-state index in [1.54, 1.807) is 0 Å². The molecule has 0 aliphatic carbocycles. The molecule has 0 bridgehead atoms. The summed E-state index contributed by atoms with van der Waals surface area (Å²) in [6, 6.07) is 30.7. The molecule has 8 aromatic carbocycles. The zero-order valence-corrected chi connectivity index (χ0v) is 42.3. The lowest BCUT2D eigenvalue weighted by atomic mass is 9.94. The molecule has 0 aromatic heterocycles. The number of carbonyl (C=O) groups is 4. The van der Waals surface area contributed by atoms with E-state index < -0.39 is 134 Å². The Bertz CT molecular complexity index is 3360. The third-order valence-corrected chi connectivity index (χ3v) is 12.8. The van der Waals surface area contributed by atoms with E-state index in [0.717, 1.165) is 60.7 Å². The zero-order valence-electron chi connectivity index (χ0n) is 42.3. The number of nitrogens with one attached hydrogen (secondary N) is 2. The van der Waals surface area contributed by atoms with E-state index in [9.17, 15) is 71.9 Å². The maximum absolute atomic E-state index is 14.9. The van der Waals surface area contributed by atoms with Crippen LogP contribution in [0, 0.1) is 23.3 Å². The average Bonchev–Trinajstić information content (AvgIpc) is 3.59. The molecule has 2 N–H and O–H groups in total. The second-order valence-electron chi connectivity index (χ2n) is 18.5. The predicted octanol–water partition coefficient (Wildman–Crippen LogP) is 13.8. The summed E-state index contributed by atoms with van der Waals surface area (Å²) in [5.41, 5.74) is -0.0784. The fraction of sp³-hybridized carbons (Fsp3) is 0.200. The molecule has 0 heterocycles. The lowest BCUT2D eigenvalue weighted by Crippen LogP contribution is -2.43. The SMILES string of the molecule is O=C(CCC(=O)OC(c1ccc(F)cc1)C(Cc1cccc(OC(F)(F)C(F)F)c1)NC(=O)c1ccc(F)c2ccccc12)OC(c1ccc(F)cc1)C(Cc1cccc(OC(F)(F)C(F)F)c1)NC(=O)c1ccc(F)c2ccccc12. The number of alkyl halides is 8. The van der Waals surface area contributed by atoms with Crippen molar-refractivity contribution >= 4 is 45.3 Å². The van der Waals surface area contributed by atoms with E-state index in [0.29, 0.717) is 0 Å². The Hall–Kier alpha value is -9.08. The molecule has 2 amide bonds. The van der Waals surface area contributed by atoms with Gasteiger partial charge in [-0.25, -0.2) is 17.6 Å². The van der Waals surface area contributed by atoms with Gasteiger partial charge in [0.05, 0.1) is 24.9 Å². The van der Waals surface area contributed by atoms with Crippen molar-refractivity contribution in [2.45, 2.75) is 75.0 Å². The molecule has 0 aliphatic rings. The zero-order chi connectivity index (χ0) is 58.9. The Morgan fingerprint density at radius 2 is 0.780 bits per heavy atom. The fourth-order valence-corrected chi connectivity index (χ4v) is 8.94. The van der Waals surface area contributed by atoms with Gasteiger partial charge >= 0.3 is 37.0 Å². The van der Waals surface area contributed by atoms with Gasteiger partial charge in [0.1, 0.15) is 47.0 Å². The van der Waals surface area contributed by atoms with Gasteiger partial charge in [0.15, 0.2) is 0 Å². The molecule has 426 valence electrons. The van der Waals surface area contributed by atoms with Crippen molar-refractivity contribution in [2.75, 3.05) is 0 Å². The molecular formula is C60H44F12N2O8. The van der Waals surface area contributed by atoms with E-state index in [4.69, 9.17) is 9.47 Å². The first-order valence-corrected chi connectivity index (χ1v) is 24.8. The number of rotatable bonds is 23. The number of esters is 2. The summed E-state index contributed by atoms with van der Waals surface area (Å²) in [4.78, 5) is 56.8. The minimum atomic E-state index is -4.93. The van der Waals surface area contributed by atoms with Gasteiger partial charge in [-0.05, 0) is 119 Å². The largest absolute Gasteiger partial charge is 0.461 e. The van der Waals surface area contributed by atoms with Crippen LogP contribution in [0.4, 0.5) is 52.7 Å². The normalized spacial score (nSPS) is 13.3. The Kier molecular flexibility index (Phi) is 18.4. The highest BCUT2D eigenvalue weighted by molar-refractivity contribution is 6.08. The highest BCUT2D eigenvalue weighted by Gasteiger charge is 2.45. The summed E-state index contributed by atoms with van der Waals surface area (Å²) in [6.07, 6.45) is -24.2. The number of benzene rings is 8. The second kappa shape index (κ2) is 25.6. The van der Waals surface area contributed by atoms with Crippen molar-refractivity contribution < 1.29 is 90.8 Å². The number of hydrogen-bond acceptors (Lipinski definition) is 8. The van der Waals surface area contributed by atoms with Crippen molar-refractivity contribution in [3.8, 4) is 11.5 Å². The van der Waals surface area contributed by atoms with Crippen molar-refractivity contribution in [3.63, 3.8) is 0 Å². The van der Waals surface area contributed by atoms with E-state index in [2.05, 4.69) is 20.1 Å². The smallest absolute Gasteiger partial charge is 0.455 e. The number of fused-ring (bicyclic) bond motifs is 2. The Balaban J connectivity index is 1.10. The fourth-order valence-electron chi connectivity index (χ4n) is 8.94. The van der Waals surface area contributed by atoms with Crippen LogP contribution in [0.25, 0.3) is 21.5 Å². The van der Waals surface area contributed by atoms with Gasteiger partial charge in [0.2, 0.25) is 0 Å². The van der Waals surface area contributed by atoms with Gasteiger partial charge in [-0.2, -0.15) is 35.1 Å². The summed E-state index contributed by atoms with van der Waals surface area (Å²) in [5.74, 6) is -8.49. The number of halogens is 12. The molecule has 82 heavy (non-hydrogen) atoms. The van der Waals surface area contributed by atoms with Crippen LogP contribution < -0.4 is 20.1 Å². The maximum Gasteiger partial charge on any atom is 0.461 e. The highest BCUT2D eigenvalue weighted by Crippen LogP contribution is 2.34. The van der Waals surface area contributed by atoms with Crippen molar-refractivity contribution in [1.29, 1.82) is 0 Å². The molecule has 0 radical (unpaired) electrons. The maximum atomic E-state index is 14.9. The number of amides is 2. The number of carbonyl (C=O) groups excluding carboxylic acids is 4. The third kappa shape index (κ3) is 14.6. The summed E-state index contributed by atoms with van der Waals surface area (Å²) in [7, 11) is 0. The molecule has 22 heteroatoms. The molecule has 8 aromatic rings. The minimum Gasteiger partial charge on any atom is -0.455 e. The molecular weight excluding hydrogens is 1100 g/mol. The Morgan fingerprint density at radius 1 is 0.427 bits per heavy atom. The molecule has 0 aliphatic heterocycles. The molecule has 0 spiro atoms. The molecule has 4 unspecified atom stereocenters. The van der Waals surface area contributed by atoms with Gasteiger partial charge in [-0.1, -0.05) is 97.1 Å². The second-order valence-corrected chi connectivity index (χ2v) is 18.5. The topological polar surface area (TPSA) is 129 Å². The first kappa shape index (κ1) is 59.1. The van der Waals surface area contributed by atoms with Crippen molar-refractivity contribution in [2.24, 2.45) is 0 Å². The van der Waals surface area contributed by atoms with Crippen LogP contribution in [-0.4, -0.2) is 60.9 Å². The van der Waals surface area contributed by atoms with Gasteiger partial charge in [-0.15, -0.1) is 0 Å². The van der Waals surface area contributed by atoms with Gasteiger partial charge in [-0.3, -0.25) is 19.2 Å². The third-order valence-electron chi connectivity index (χ3n) is 12.8. The van der Waals surface area contributed by atoms with E-state index in [1.807, 2.05) is 0 Å². The summed E-state index contributed by atoms with van der Waals surface area (Å²) < 4.78 is 188. The standard InChI is InChI=1S/C60H44F12N2O8/c61-37-19-15-35(16-20-37)53(49(31-33-7-5-9-39(29-33)81-59(69,70)57(65)66)73-55(77)45-23-25-47(63)43-13-3-1-11-41(43)45)79-51(75)27-28-52(76)80-54(36-17-21-38(62)22-18-36)50(32-34-8-6-10-40(30-34)82-60(71,72)58(67)68)74-56(78)46-24-26-48(64)44-14-4-2-12-42(44)46/h1-26,29-30,49-50,53-54,57-58H,27-28,31-32H2,(H,73,77)(H,74,78). The van der Waals surface area contributed by atoms with E-state index in [1.165, 1.54) is 109 Å². The van der Waals surface area contributed by atoms with Gasteiger partial charge < -0.3 is 29.6 Å². The van der Waals surface area contributed by atoms with Crippen molar-refractivity contribution in [1.82, 2.24) is 10.6 Å². The molecule has 8 rings (SSSR count). The van der Waals surface area contributed by atoms with Crippen LogP contribution >= 0.6 is 0 Å². The van der Waals surface area contributed by atoms with Crippen LogP contribution in [0.1, 0.15) is 68.0 Å². The van der Waals surface area contributed by atoms with Gasteiger partial charge in [0, 0.05) is 21.9 Å². The van der Waals surface area contributed by atoms with Crippen molar-refractivity contribution in [3.05, 3.63) is 227 Å². The van der Waals surface area contributed by atoms with Crippen LogP contribution in [0.3, 0.4) is 0 Å². The Labute approximate surface area is 458 Å². The number of ether oxygens (including phenoxy) is 4. The summed E-state index contributed by atoms with van der Waals surface area (Å²) >= 11 is 0. The molecule has 0 saturated heterocycles. The monoisotopic (exact) mass is 1150 g/mol. The lowest BCUT2D eigenvalue weighted by Gasteiger charge is -2.30. The van der Waals surface area contributed by atoms with Crippen LogP contribution in [0.2, 0.25) is 0 Å². The van der Waals surface area contributed by atoms with E-state index in [-0.39, 0.29) is 54.9 Å². The average molecular weight is 1150 g/mol. The molecule has 0 saturated carbocycles. The quantitative estimate of drug-likeness (QED) is 0.0479. The molecule has 4 atom stereocenters. The van der Waals surface area contributed by atoms with Crippen LogP contribution in [-0.2, 0) is 31.9 Å². The summed E-state index contributed by atoms with van der Waals surface area (Å²) in [6.45, 7) is 0. The van der Waals surface area contributed by atoms with E-state index >= 15 is 0 Å². The Morgan fingerprint density at radius 3 is 1.13 bits per heavy atom. The first-order chi connectivity index (χ1) is 39.0. The first-order valence-electron chi connectivity index (χ1n) is 24.8. The number of hydrogen-bond donors (Lipinski definition) is 2. The molecule has 0 fully saturated rings. The van der Waals surface area contributed by atoms with Crippen LogP contribution in [0.15, 0.2) is 170 Å². The van der Waals surface area contributed by atoms with Crippen LogP contribution in [0.5, 0.6) is 11.5 Å². The minimum absolute atomic E-state index is 0.0134. The lowest BCUT2D eigenvalue weighted by molar-refractivity contribution is -0.253. The summed E-state index contributed by atoms with van der Waals surface area (Å²) in [5, 5.41) is 5.78.